The summed E-state index contributed by atoms with van der Waals surface area (Å²) in [6.45, 7) is 9.58. The second-order valence-electron chi connectivity index (χ2n) is 9.07. The number of carbonyl (C=O) groups excluding carboxylic acids is 3. The number of thioether (sulfide) groups is 1. The molecule has 0 aliphatic carbocycles. The number of aliphatic hydroxyl groups is 1. The van der Waals surface area contributed by atoms with E-state index in [9.17, 15) is 19.5 Å². The Hall–Kier alpha value is -1.28. The average molecular weight is 412 g/mol. The summed E-state index contributed by atoms with van der Waals surface area (Å²) in [5.41, 5.74) is 0. The van der Waals surface area contributed by atoms with Crippen LogP contribution in [0.4, 0.5) is 0 Å². The van der Waals surface area contributed by atoms with Crippen molar-refractivity contribution in [3.05, 3.63) is 0 Å². The summed E-state index contributed by atoms with van der Waals surface area (Å²) in [6, 6.07) is -1.18. The summed E-state index contributed by atoms with van der Waals surface area (Å²) in [4.78, 5) is 41.4. The first-order valence-corrected chi connectivity index (χ1v) is 11.1. The third-order valence-electron chi connectivity index (χ3n) is 6.73. The predicted octanol–water partition coefficient (Wildman–Crippen LogP) is 0.611. The Kier molecular flexibility index (Phi) is 5.75. The molecule has 0 aromatic heterocycles. The summed E-state index contributed by atoms with van der Waals surface area (Å²) in [6.07, 6.45) is 0.817. The first-order chi connectivity index (χ1) is 13.1. The number of carbonyl (C=O) groups is 3. The molecule has 3 fully saturated rings. The zero-order valence-electron chi connectivity index (χ0n) is 17.6. The van der Waals surface area contributed by atoms with Crippen molar-refractivity contribution in [2.24, 2.45) is 23.7 Å². The Morgan fingerprint density at radius 1 is 1.29 bits per heavy atom. The van der Waals surface area contributed by atoms with Crippen molar-refractivity contribution in [3.8, 4) is 0 Å². The maximum atomic E-state index is 13.7. The standard InChI is InChI=1S/C20H33N3O4S/c1-9(2)12(8-24)23-16(18(26)22-10(3)4)20-11(5)7-13(28-20)14(17(25)21-6)15(20)19(23)27/h9-16,24H,7-8H2,1-6H3,(H,21,25)(H,22,26)/t11?,12-,13+,14-,15-,16?,20?/m0/s1. The van der Waals surface area contributed by atoms with E-state index in [0.717, 1.165) is 6.42 Å². The lowest BCUT2D eigenvalue weighted by Gasteiger charge is -2.41. The van der Waals surface area contributed by atoms with E-state index in [-0.39, 0.29) is 47.5 Å². The molecule has 2 bridgehead atoms. The van der Waals surface area contributed by atoms with Crippen LogP contribution in [0.1, 0.15) is 41.0 Å². The van der Waals surface area contributed by atoms with Gasteiger partial charge in [-0.15, -0.1) is 11.8 Å². The van der Waals surface area contributed by atoms with E-state index in [1.165, 1.54) is 0 Å². The van der Waals surface area contributed by atoms with E-state index in [0.29, 0.717) is 0 Å². The van der Waals surface area contributed by atoms with Crippen molar-refractivity contribution in [2.75, 3.05) is 13.7 Å². The molecule has 8 heteroatoms. The summed E-state index contributed by atoms with van der Waals surface area (Å²) >= 11 is 1.65. The monoisotopic (exact) mass is 411 g/mol. The highest BCUT2D eigenvalue weighted by Crippen LogP contribution is 2.68. The molecule has 3 N–H and O–H groups in total. The number of nitrogens with zero attached hydrogens (tertiary/aromatic N) is 1. The maximum Gasteiger partial charge on any atom is 0.244 e. The van der Waals surface area contributed by atoms with Crippen molar-refractivity contribution in [1.29, 1.82) is 0 Å². The number of hydrogen-bond acceptors (Lipinski definition) is 5. The Morgan fingerprint density at radius 2 is 1.93 bits per heavy atom. The summed E-state index contributed by atoms with van der Waals surface area (Å²) in [5.74, 6) is -1.29. The van der Waals surface area contributed by atoms with E-state index >= 15 is 0 Å². The summed E-state index contributed by atoms with van der Waals surface area (Å²) < 4.78 is -0.625. The number of nitrogens with one attached hydrogen (secondary N) is 2. The lowest BCUT2D eigenvalue weighted by Crippen LogP contribution is -2.60. The quantitative estimate of drug-likeness (QED) is 0.595. The fourth-order valence-corrected chi connectivity index (χ4v) is 7.98. The Morgan fingerprint density at radius 3 is 2.43 bits per heavy atom. The highest BCUT2D eigenvalue weighted by molar-refractivity contribution is 8.02. The van der Waals surface area contributed by atoms with Gasteiger partial charge in [0.05, 0.1) is 29.2 Å². The Labute approximate surface area is 171 Å². The van der Waals surface area contributed by atoms with Gasteiger partial charge in [0.1, 0.15) is 6.04 Å². The molecular weight excluding hydrogens is 378 g/mol. The SMILES string of the molecule is CNC(=O)[C@@H]1[C@H]2C(=O)N([C@@H](CO)C(C)C)C(C(=O)NC(C)C)C23S[C@@H]1CC3C. The molecule has 0 aromatic rings. The van der Waals surface area contributed by atoms with Crippen LogP contribution < -0.4 is 10.6 Å². The molecule has 3 aliphatic rings. The third kappa shape index (κ3) is 2.86. The van der Waals surface area contributed by atoms with Gasteiger partial charge in [-0.1, -0.05) is 20.8 Å². The zero-order valence-corrected chi connectivity index (χ0v) is 18.4. The lowest BCUT2D eigenvalue weighted by molar-refractivity contribution is -0.143. The fraction of sp³-hybridized carbons (Fsp3) is 0.850. The first kappa shape index (κ1) is 21.4. The van der Waals surface area contributed by atoms with Crippen LogP contribution in [0, 0.1) is 23.7 Å². The van der Waals surface area contributed by atoms with Crippen molar-refractivity contribution in [3.63, 3.8) is 0 Å². The summed E-state index contributed by atoms with van der Waals surface area (Å²) in [7, 11) is 1.60. The molecule has 3 saturated heterocycles. The number of likely N-dealkylation sites (tertiary alicyclic amines) is 1. The van der Waals surface area contributed by atoms with Gasteiger partial charge in [0, 0.05) is 18.3 Å². The number of hydrogen-bond donors (Lipinski definition) is 3. The van der Waals surface area contributed by atoms with Gasteiger partial charge >= 0.3 is 0 Å². The van der Waals surface area contributed by atoms with Crippen LogP contribution in [0.25, 0.3) is 0 Å². The maximum absolute atomic E-state index is 13.7. The molecule has 28 heavy (non-hydrogen) atoms. The highest BCUT2D eigenvalue weighted by Gasteiger charge is 2.76. The van der Waals surface area contributed by atoms with Crippen molar-refractivity contribution in [2.45, 2.75) is 69.2 Å². The van der Waals surface area contributed by atoms with Crippen LogP contribution in [0.3, 0.4) is 0 Å². The van der Waals surface area contributed by atoms with Crippen LogP contribution >= 0.6 is 11.8 Å². The van der Waals surface area contributed by atoms with E-state index in [1.54, 1.807) is 23.7 Å². The van der Waals surface area contributed by atoms with Crippen molar-refractivity contribution < 1.29 is 19.5 Å². The molecule has 7 atom stereocenters. The third-order valence-corrected chi connectivity index (χ3v) is 8.80. The molecule has 3 heterocycles. The Bertz CT molecular complexity index is 670. The molecule has 0 radical (unpaired) electrons. The second-order valence-corrected chi connectivity index (χ2v) is 10.6. The van der Waals surface area contributed by atoms with Crippen LogP contribution in [0.5, 0.6) is 0 Å². The minimum absolute atomic E-state index is 0.00511. The molecule has 3 aliphatic heterocycles. The highest BCUT2D eigenvalue weighted by atomic mass is 32.2. The number of rotatable bonds is 6. The van der Waals surface area contributed by atoms with E-state index in [2.05, 4.69) is 17.6 Å². The average Bonchev–Trinajstić information content (AvgIpc) is 3.19. The minimum atomic E-state index is -0.674. The van der Waals surface area contributed by atoms with E-state index < -0.39 is 28.7 Å². The lowest BCUT2D eigenvalue weighted by atomic mass is 9.66. The first-order valence-electron chi connectivity index (χ1n) is 10.2. The second kappa shape index (κ2) is 7.52. The molecule has 0 aromatic carbocycles. The summed E-state index contributed by atoms with van der Waals surface area (Å²) in [5, 5.41) is 15.8. The molecular formula is C20H33N3O4S. The number of aliphatic hydroxyl groups excluding tert-OH is 1. The van der Waals surface area contributed by atoms with Crippen LogP contribution in [-0.2, 0) is 14.4 Å². The van der Waals surface area contributed by atoms with Crippen LogP contribution in [-0.4, -0.2) is 69.5 Å². The largest absolute Gasteiger partial charge is 0.394 e. The van der Waals surface area contributed by atoms with Crippen LogP contribution in [0.15, 0.2) is 0 Å². The van der Waals surface area contributed by atoms with Gasteiger partial charge < -0.3 is 20.6 Å². The number of amides is 3. The molecule has 7 nitrogen and oxygen atoms in total. The van der Waals surface area contributed by atoms with Gasteiger partial charge in [-0.3, -0.25) is 14.4 Å². The normalized spacial score (nSPS) is 37.5. The topological polar surface area (TPSA) is 98.7 Å². The molecule has 158 valence electrons. The Balaban J connectivity index is 2.13. The van der Waals surface area contributed by atoms with Gasteiger partial charge in [-0.2, -0.15) is 0 Å². The van der Waals surface area contributed by atoms with Crippen molar-refractivity contribution >= 4 is 29.5 Å². The molecule has 3 unspecified atom stereocenters. The van der Waals surface area contributed by atoms with E-state index in [1.807, 2.05) is 27.7 Å². The van der Waals surface area contributed by atoms with E-state index in [4.69, 9.17) is 0 Å². The molecule has 1 spiro atoms. The number of fused-ring (bicyclic) bond motifs is 1. The smallest absolute Gasteiger partial charge is 0.244 e. The fourth-order valence-electron chi connectivity index (χ4n) is 5.57. The van der Waals surface area contributed by atoms with Crippen LogP contribution in [0.2, 0.25) is 0 Å². The zero-order chi connectivity index (χ0) is 21.0. The van der Waals surface area contributed by atoms with Gasteiger partial charge in [0.25, 0.3) is 0 Å². The molecule has 3 amide bonds. The van der Waals surface area contributed by atoms with Gasteiger partial charge in [0.2, 0.25) is 17.7 Å². The predicted molar refractivity (Wildman–Crippen MR) is 109 cm³/mol. The van der Waals surface area contributed by atoms with Crippen molar-refractivity contribution in [1.82, 2.24) is 15.5 Å². The minimum Gasteiger partial charge on any atom is -0.394 e. The molecule has 3 rings (SSSR count). The van der Waals surface area contributed by atoms with Gasteiger partial charge in [-0.05, 0) is 32.1 Å². The van der Waals surface area contributed by atoms with Gasteiger partial charge in [-0.25, -0.2) is 0 Å². The van der Waals surface area contributed by atoms with Gasteiger partial charge in [0.15, 0.2) is 0 Å². The molecule has 0 saturated carbocycles.